The summed E-state index contributed by atoms with van der Waals surface area (Å²) in [4.78, 5) is -1.62. The minimum absolute atomic E-state index is 0. The van der Waals surface area contributed by atoms with Gasteiger partial charge in [-0.3, -0.25) is 0 Å². The molecule has 0 saturated heterocycles. The number of benzene rings is 1. The Labute approximate surface area is 160 Å². The van der Waals surface area contributed by atoms with Crippen LogP contribution >= 0.6 is 0 Å². The van der Waals surface area contributed by atoms with Gasteiger partial charge >= 0.3 is 59.1 Å². The second kappa shape index (κ2) is 8.32. The van der Waals surface area contributed by atoms with E-state index in [1.54, 1.807) is 0 Å². The minimum Gasteiger partial charge on any atom is -0.744 e. The average Bonchev–Trinajstić information content (AvgIpc) is 2.24. The largest absolute Gasteiger partial charge is 1.00 e. The number of rotatable bonds is 4. The predicted molar refractivity (Wildman–Crippen MR) is 55.5 cm³/mol. The van der Waals surface area contributed by atoms with Crippen molar-refractivity contribution < 1.29 is 94.5 Å². The molecule has 0 aliphatic heterocycles. The Kier molecular flexibility index (Phi) is 9.53. The summed E-state index contributed by atoms with van der Waals surface area (Å²) in [5.74, 6) is -1.08. The zero-order valence-electron chi connectivity index (χ0n) is 11.2. The van der Waals surface area contributed by atoms with Crippen molar-refractivity contribution in [3.05, 3.63) is 12.1 Å². The van der Waals surface area contributed by atoms with Crippen molar-refractivity contribution in [2.45, 2.75) is 9.79 Å². The van der Waals surface area contributed by atoms with Gasteiger partial charge in [-0.1, -0.05) is 0 Å². The fourth-order valence-corrected chi connectivity index (χ4v) is 2.51. The maximum absolute atomic E-state index is 10.9. The van der Waals surface area contributed by atoms with Crippen molar-refractivity contribution >= 4 is 20.2 Å². The van der Waals surface area contributed by atoms with Crippen molar-refractivity contribution in [1.82, 2.24) is 0 Å². The van der Waals surface area contributed by atoms with E-state index in [1.807, 2.05) is 0 Å². The van der Waals surface area contributed by atoms with Crippen molar-refractivity contribution in [2.75, 3.05) is 14.2 Å². The second-order valence-electron chi connectivity index (χ2n) is 3.06. The number of ether oxygens (including phenoxy) is 2. The molecule has 0 unspecified atom stereocenters. The van der Waals surface area contributed by atoms with Gasteiger partial charge in [0.1, 0.15) is 41.5 Å². The van der Waals surface area contributed by atoms with E-state index in [1.165, 1.54) is 0 Å². The van der Waals surface area contributed by atoms with Gasteiger partial charge in [-0.05, 0) is 0 Å². The third-order valence-corrected chi connectivity index (χ3v) is 3.70. The molecule has 0 fully saturated rings. The van der Waals surface area contributed by atoms with Crippen LogP contribution in [-0.2, 0) is 20.2 Å². The molecular weight excluding hydrogens is 334 g/mol. The molecule has 0 radical (unpaired) electrons. The van der Waals surface area contributed by atoms with Gasteiger partial charge in [0.2, 0.25) is 0 Å². The molecule has 1 aromatic rings. The Morgan fingerprint density at radius 3 is 1.20 bits per heavy atom. The maximum Gasteiger partial charge on any atom is 1.00 e. The van der Waals surface area contributed by atoms with E-state index in [2.05, 4.69) is 9.47 Å². The SMILES string of the molecule is COc1cc(S(=O)(=O)[O-])c(OC)cc1S(=O)(=O)[O-].[Na+].[Na+]. The molecule has 0 amide bonds. The standard InChI is InChI=1S/C8H10O8S2.2Na/c1-15-5-3-8(18(12,13)14)6(16-2)4-7(5)17(9,10)11;;/h3-4H,1-2H3,(H,9,10,11)(H,12,13,14);;/q;2*+1/p-2. The summed E-state index contributed by atoms with van der Waals surface area (Å²) in [6.07, 6.45) is 0. The molecule has 0 bridgehead atoms. The van der Waals surface area contributed by atoms with Crippen LogP contribution in [-0.4, -0.2) is 40.2 Å². The molecule has 0 aromatic heterocycles. The minimum atomic E-state index is -4.89. The average molecular weight is 342 g/mol. The molecule has 0 aliphatic rings. The quantitative estimate of drug-likeness (QED) is 0.390. The Hall–Kier alpha value is 0.640. The topological polar surface area (TPSA) is 133 Å². The van der Waals surface area contributed by atoms with Gasteiger partial charge in [-0.2, -0.15) is 0 Å². The molecule has 1 aromatic carbocycles. The summed E-state index contributed by atoms with van der Waals surface area (Å²) in [5.41, 5.74) is 0. The molecule has 12 heteroatoms. The molecule has 0 N–H and O–H groups in total. The molecule has 0 heterocycles. The van der Waals surface area contributed by atoms with Gasteiger partial charge in [0.15, 0.2) is 0 Å². The van der Waals surface area contributed by atoms with E-state index < -0.39 is 41.5 Å². The first-order chi connectivity index (χ1) is 8.11. The first kappa shape index (κ1) is 22.9. The molecule has 1 rings (SSSR count). The van der Waals surface area contributed by atoms with Crippen LogP contribution in [0.4, 0.5) is 0 Å². The van der Waals surface area contributed by atoms with Gasteiger partial charge in [-0.15, -0.1) is 0 Å². The first-order valence-electron chi connectivity index (χ1n) is 4.29. The van der Waals surface area contributed by atoms with Gasteiger partial charge in [0.05, 0.1) is 14.2 Å². The van der Waals surface area contributed by atoms with E-state index in [0.29, 0.717) is 12.1 Å². The van der Waals surface area contributed by atoms with E-state index in [4.69, 9.17) is 0 Å². The summed E-state index contributed by atoms with van der Waals surface area (Å²) < 4.78 is 74.7. The van der Waals surface area contributed by atoms with Crippen LogP contribution in [0.1, 0.15) is 0 Å². The Morgan fingerprint density at radius 2 is 1.05 bits per heavy atom. The Balaban J connectivity index is 0. The second-order valence-corrected chi connectivity index (χ2v) is 5.76. The summed E-state index contributed by atoms with van der Waals surface area (Å²) in [6, 6.07) is 1.26. The number of hydrogen-bond acceptors (Lipinski definition) is 8. The van der Waals surface area contributed by atoms with E-state index in [-0.39, 0.29) is 59.1 Å². The first-order valence-corrected chi connectivity index (χ1v) is 7.10. The van der Waals surface area contributed by atoms with Crippen LogP contribution in [0.25, 0.3) is 0 Å². The predicted octanol–water partition coefficient (Wildman–Crippen LogP) is -6.48. The van der Waals surface area contributed by atoms with Crippen LogP contribution in [0.15, 0.2) is 21.9 Å². The summed E-state index contributed by atoms with van der Waals surface area (Å²) in [5, 5.41) is 0. The van der Waals surface area contributed by atoms with E-state index in [9.17, 15) is 25.9 Å². The van der Waals surface area contributed by atoms with Crippen molar-refractivity contribution in [1.29, 1.82) is 0 Å². The van der Waals surface area contributed by atoms with Gasteiger partial charge in [0, 0.05) is 12.1 Å². The van der Waals surface area contributed by atoms with Gasteiger partial charge in [0.25, 0.3) is 0 Å². The fraction of sp³-hybridized carbons (Fsp3) is 0.250. The molecule has 102 valence electrons. The zero-order chi connectivity index (χ0) is 14.1. The van der Waals surface area contributed by atoms with Crippen molar-refractivity contribution in [2.24, 2.45) is 0 Å². The number of hydrogen-bond donors (Lipinski definition) is 0. The van der Waals surface area contributed by atoms with Crippen LogP contribution in [0.5, 0.6) is 11.5 Å². The Bertz CT molecular complexity index is 608. The fourth-order valence-electron chi connectivity index (χ4n) is 1.23. The third kappa shape index (κ3) is 5.44. The molecule has 8 nitrogen and oxygen atoms in total. The summed E-state index contributed by atoms with van der Waals surface area (Å²) >= 11 is 0. The van der Waals surface area contributed by atoms with E-state index in [0.717, 1.165) is 14.2 Å². The van der Waals surface area contributed by atoms with Crippen LogP contribution < -0.4 is 68.6 Å². The maximum atomic E-state index is 10.9. The zero-order valence-corrected chi connectivity index (χ0v) is 16.9. The van der Waals surface area contributed by atoms with Crippen LogP contribution in [0.3, 0.4) is 0 Å². The normalized spacial score (nSPS) is 11.0. The van der Waals surface area contributed by atoms with Gasteiger partial charge < -0.3 is 18.6 Å². The molecule has 20 heavy (non-hydrogen) atoms. The summed E-state index contributed by atoms with van der Waals surface area (Å²) in [7, 11) is -7.73. The van der Waals surface area contributed by atoms with E-state index >= 15 is 0 Å². The van der Waals surface area contributed by atoms with Crippen LogP contribution in [0, 0.1) is 0 Å². The monoisotopic (exact) mass is 342 g/mol. The molecular formula is C8H8Na2O8S2. The smallest absolute Gasteiger partial charge is 0.744 e. The Morgan fingerprint density at radius 1 is 0.800 bits per heavy atom. The molecule has 0 atom stereocenters. The molecule has 0 spiro atoms. The van der Waals surface area contributed by atoms with Crippen molar-refractivity contribution in [3.63, 3.8) is 0 Å². The molecule has 0 aliphatic carbocycles. The molecule has 0 saturated carbocycles. The van der Waals surface area contributed by atoms with Crippen molar-refractivity contribution in [3.8, 4) is 11.5 Å². The summed E-state index contributed by atoms with van der Waals surface area (Å²) in [6.45, 7) is 0. The number of methoxy groups -OCH3 is 2. The van der Waals surface area contributed by atoms with Gasteiger partial charge in [-0.25, -0.2) is 16.8 Å². The third-order valence-electron chi connectivity index (χ3n) is 1.99. The van der Waals surface area contributed by atoms with Crippen LogP contribution in [0.2, 0.25) is 0 Å².